The fourth-order valence-electron chi connectivity index (χ4n) is 2.59. The third-order valence-electron chi connectivity index (χ3n) is 3.37. The van der Waals surface area contributed by atoms with Crippen molar-refractivity contribution in [3.8, 4) is 0 Å². The molecule has 2 aromatic heterocycles. The van der Waals surface area contributed by atoms with Gasteiger partial charge in [-0.1, -0.05) is 0 Å². The molecule has 1 aliphatic rings. The van der Waals surface area contributed by atoms with E-state index in [0.29, 0.717) is 5.92 Å². The minimum Gasteiger partial charge on any atom is -0.316 e. The lowest BCUT2D eigenvalue weighted by atomic mass is 9.99. The van der Waals surface area contributed by atoms with Gasteiger partial charge in [0, 0.05) is 24.2 Å². The van der Waals surface area contributed by atoms with Crippen molar-refractivity contribution < 1.29 is 0 Å². The summed E-state index contributed by atoms with van der Waals surface area (Å²) in [6.07, 6.45) is 2.39. The van der Waals surface area contributed by atoms with E-state index < -0.39 is 0 Å². The lowest BCUT2D eigenvalue weighted by molar-refractivity contribution is 0.443. The van der Waals surface area contributed by atoms with Gasteiger partial charge in [0.25, 0.3) is 0 Å². The molecule has 90 valence electrons. The van der Waals surface area contributed by atoms with E-state index >= 15 is 0 Å². The third kappa shape index (κ3) is 1.80. The Labute approximate surface area is 100 Å². The summed E-state index contributed by atoms with van der Waals surface area (Å²) < 4.78 is 2.09. The highest BCUT2D eigenvalue weighted by Crippen LogP contribution is 2.22. The van der Waals surface area contributed by atoms with Gasteiger partial charge in [-0.3, -0.25) is 4.40 Å². The summed E-state index contributed by atoms with van der Waals surface area (Å²) in [4.78, 5) is 4.49. The molecule has 17 heavy (non-hydrogen) atoms. The van der Waals surface area contributed by atoms with Crippen LogP contribution in [0.5, 0.6) is 0 Å². The van der Waals surface area contributed by atoms with Crippen molar-refractivity contribution in [1.82, 2.24) is 24.9 Å². The van der Waals surface area contributed by atoms with Crippen LogP contribution in [-0.2, 0) is 0 Å². The van der Waals surface area contributed by atoms with E-state index in [2.05, 4.69) is 24.9 Å². The summed E-state index contributed by atoms with van der Waals surface area (Å²) in [5.74, 6) is 2.49. The van der Waals surface area contributed by atoms with Crippen LogP contribution >= 0.6 is 0 Å². The second-order valence-corrected chi connectivity index (χ2v) is 4.74. The summed E-state index contributed by atoms with van der Waals surface area (Å²) in [7, 11) is 0. The van der Waals surface area contributed by atoms with Crippen molar-refractivity contribution >= 4 is 5.65 Å². The van der Waals surface area contributed by atoms with Crippen molar-refractivity contribution in [1.29, 1.82) is 0 Å². The molecule has 3 rings (SSSR count). The third-order valence-corrected chi connectivity index (χ3v) is 3.37. The Morgan fingerprint density at radius 1 is 1.35 bits per heavy atom. The first-order valence-electron chi connectivity index (χ1n) is 6.15. The van der Waals surface area contributed by atoms with Crippen LogP contribution in [0.4, 0.5) is 0 Å². The molecule has 5 nitrogen and oxygen atoms in total. The number of fused-ring (bicyclic) bond motifs is 1. The number of hydrogen-bond acceptors (Lipinski definition) is 4. The van der Waals surface area contributed by atoms with Crippen LogP contribution < -0.4 is 5.32 Å². The fourth-order valence-corrected chi connectivity index (χ4v) is 2.59. The van der Waals surface area contributed by atoms with Crippen LogP contribution in [0.2, 0.25) is 0 Å². The SMILES string of the molecule is Cc1cc2nnc(C3CCCNC3)n2c(C)n1. The van der Waals surface area contributed by atoms with Crippen LogP contribution in [-0.4, -0.2) is 32.7 Å². The molecule has 0 radical (unpaired) electrons. The second kappa shape index (κ2) is 4.07. The zero-order chi connectivity index (χ0) is 11.8. The van der Waals surface area contributed by atoms with Gasteiger partial charge in [0.05, 0.1) is 0 Å². The maximum absolute atomic E-state index is 4.49. The molecule has 0 aliphatic carbocycles. The van der Waals surface area contributed by atoms with E-state index in [-0.39, 0.29) is 0 Å². The minimum atomic E-state index is 0.460. The zero-order valence-corrected chi connectivity index (χ0v) is 10.3. The summed E-state index contributed by atoms with van der Waals surface area (Å²) in [5, 5.41) is 12.0. The van der Waals surface area contributed by atoms with Crippen molar-refractivity contribution in [3.63, 3.8) is 0 Å². The summed E-state index contributed by atoms with van der Waals surface area (Å²) in [5.41, 5.74) is 1.91. The Kier molecular flexibility index (Phi) is 2.55. The van der Waals surface area contributed by atoms with Gasteiger partial charge >= 0.3 is 0 Å². The zero-order valence-electron chi connectivity index (χ0n) is 10.3. The first-order valence-corrected chi connectivity index (χ1v) is 6.15. The molecular weight excluding hydrogens is 214 g/mol. The van der Waals surface area contributed by atoms with Crippen LogP contribution in [0.25, 0.3) is 5.65 Å². The number of piperidine rings is 1. The van der Waals surface area contributed by atoms with E-state index in [1.165, 1.54) is 12.8 Å². The Bertz CT molecular complexity index is 539. The van der Waals surface area contributed by atoms with Crippen LogP contribution in [0, 0.1) is 13.8 Å². The molecule has 0 bridgehead atoms. The summed E-state index contributed by atoms with van der Waals surface area (Å²) >= 11 is 0. The topological polar surface area (TPSA) is 55.1 Å². The smallest absolute Gasteiger partial charge is 0.164 e. The monoisotopic (exact) mass is 231 g/mol. The molecule has 0 spiro atoms. The molecule has 1 aliphatic heterocycles. The Morgan fingerprint density at radius 3 is 3.00 bits per heavy atom. The van der Waals surface area contributed by atoms with Gasteiger partial charge in [-0.2, -0.15) is 0 Å². The van der Waals surface area contributed by atoms with Gasteiger partial charge in [-0.25, -0.2) is 4.98 Å². The van der Waals surface area contributed by atoms with Crippen molar-refractivity contribution in [2.24, 2.45) is 0 Å². The molecular formula is C12H17N5. The highest BCUT2D eigenvalue weighted by Gasteiger charge is 2.21. The number of aryl methyl sites for hydroxylation is 2. The van der Waals surface area contributed by atoms with Crippen molar-refractivity contribution in [2.45, 2.75) is 32.6 Å². The number of aromatic nitrogens is 4. The molecule has 2 aromatic rings. The Hall–Kier alpha value is -1.49. The lowest BCUT2D eigenvalue weighted by Crippen LogP contribution is -2.29. The van der Waals surface area contributed by atoms with E-state index in [1.807, 2.05) is 19.9 Å². The molecule has 1 unspecified atom stereocenters. The van der Waals surface area contributed by atoms with Crippen LogP contribution in [0.3, 0.4) is 0 Å². The first kappa shape index (κ1) is 10.7. The van der Waals surface area contributed by atoms with E-state index in [4.69, 9.17) is 0 Å². The fraction of sp³-hybridized carbons (Fsp3) is 0.583. The first-order chi connectivity index (χ1) is 8.25. The average molecular weight is 231 g/mol. The molecule has 0 amide bonds. The standard InChI is InChI=1S/C12H17N5/c1-8-6-11-15-16-12(17(11)9(2)14-8)10-4-3-5-13-7-10/h6,10,13H,3-5,7H2,1-2H3. The van der Waals surface area contributed by atoms with Crippen LogP contribution in [0.1, 0.15) is 36.1 Å². The number of hydrogen-bond donors (Lipinski definition) is 1. The molecule has 5 heteroatoms. The Morgan fingerprint density at radius 2 is 2.24 bits per heavy atom. The lowest BCUT2D eigenvalue weighted by Gasteiger charge is -2.21. The quantitative estimate of drug-likeness (QED) is 0.801. The minimum absolute atomic E-state index is 0.460. The largest absolute Gasteiger partial charge is 0.316 e. The number of nitrogens with zero attached hydrogens (tertiary/aromatic N) is 4. The van der Waals surface area contributed by atoms with Crippen LogP contribution in [0.15, 0.2) is 6.07 Å². The molecule has 1 atom stereocenters. The van der Waals surface area contributed by atoms with E-state index in [9.17, 15) is 0 Å². The van der Waals surface area contributed by atoms with E-state index in [0.717, 1.165) is 36.1 Å². The predicted molar refractivity (Wildman–Crippen MR) is 65.1 cm³/mol. The normalized spacial score (nSPS) is 20.9. The van der Waals surface area contributed by atoms with Crippen molar-refractivity contribution in [2.75, 3.05) is 13.1 Å². The number of nitrogens with one attached hydrogen (secondary N) is 1. The van der Waals surface area contributed by atoms with Gasteiger partial charge in [0.15, 0.2) is 5.65 Å². The van der Waals surface area contributed by atoms with Gasteiger partial charge < -0.3 is 5.32 Å². The highest BCUT2D eigenvalue weighted by molar-refractivity contribution is 5.40. The molecule has 0 aromatic carbocycles. The van der Waals surface area contributed by atoms with Gasteiger partial charge in [0.1, 0.15) is 11.6 Å². The van der Waals surface area contributed by atoms with Gasteiger partial charge in [-0.15, -0.1) is 10.2 Å². The average Bonchev–Trinajstić information content (AvgIpc) is 2.74. The number of rotatable bonds is 1. The molecule has 1 fully saturated rings. The van der Waals surface area contributed by atoms with E-state index in [1.54, 1.807) is 0 Å². The maximum Gasteiger partial charge on any atom is 0.164 e. The van der Waals surface area contributed by atoms with Gasteiger partial charge in [0.2, 0.25) is 0 Å². The second-order valence-electron chi connectivity index (χ2n) is 4.74. The molecule has 1 N–H and O–H groups in total. The highest BCUT2D eigenvalue weighted by atomic mass is 15.3. The summed E-state index contributed by atoms with van der Waals surface area (Å²) in [6.45, 7) is 6.12. The summed E-state index contributed by atoms with van der Waals surface area (Å²) in [6, 6.07) is 1.99. The van der Waals surface area contributed by atoms with Crippen molar-refractivity contribution in [3.05, 3.63) is 23.4 Å². The molecule has 0 saturated carbocycles. The maximum atomic E-state index is 4.49. The Balaban J connectivity index is 2.10. The molecule has 3 heterocycles. The van der Waals surface area contributed by atoms with Gasteiger partial charge in [-0.05, 0) is 33.2 Å². The molecule has 1 saturated heterocycles. The predicted octanol–water partition coefficient (Wildman–Crippen LogP) is 1.21.